The first kappa shape index (κ1) is 15.3. The molecule has 0 atom stereocenters. The summed E-state index contributed by atoms with van der Waals surface area (Å²) in [5.74, 6) is -0.568. The van der Waals surface area contributed by atoms with Gasteiger partial charge in [0.05, 0.1) is 6.54 Å². The van der Waals surface area contributed by atoms with Crippen LogP contribution in [0.4, 0.5) is 13.2 Å². The van der Waals surface area contributed by atoms with Gasteiger partial charge in [0.25, 0.3) is 5.91 Å². The summed E-state index contributed by atoms with van der Waals surface area (Å²) in [6, 6.07) is 7.98. The van der Waals surface area contributed by atoms with Crippen LogP contribution in [0, 0.1) is 0 Å². The molecule has 120 valence electrons. The second kappa shape index (κ2) is 5.86. The lowest BCUT2D eigenvalue weighted by Crippen LogP contribution is -2.41. The highest BCUT2D eigenvalue weighted by atomic mass is 19.4. The van der Waals surface area contributed by atoms with Gasteiger partial charge in [0.2, 0.25) is 0 Å². The zero-order valence-corrected chi connectivity index (χ0v) is 12.0. The molecule has 0 N–H and O–H groups in total. The Morgan fingerprint density at radius 1 is 1.17 bits per heavy atom. The second-order valence-electron chi connectivity index (χ2n) is 5.13. The SMILES string of the molecule is O=C(C(=Cc1ccccc1)C(F)(F)F)N1CCn2cnnc2C1. The monoisotopic (exact) mass is 322 g/mol. The van der Waals surface area contributed by atoms with Crippen LogP contribution in [0.1, 0.15) is 11.4 Å². The van der Waals surface area contributed by atoms with Crippen molar-refractivity contribution in [1.82, 2.24) is 19.7 Å². The summed E-state index contributed by atoms with van der Waals surface area (Å²) >= 11 is 0. The van der Waals surface area contributed by atoms with Crippen molar-refractivity contribution < 1.29 is 18.0 Å². The van der Waals surface area contributed by atoms with Crippen molar-refractivity contribution in [3.05, 3.63) is 53.6 Å². The minimum atomic E-state index is -4.72. The maximum Gasteiger partial charge on any atom is 0.421 e. The lowest BCUT2D eigenvalue weighted by atomic mass is 10.1. The zero-order chi connectivity index (χ0) is 16.4. The summed E-state index contributed by atoms with van der Waals surface area (Å²) < 4.78 is 41.6. The van der Waals surface area contributed by atoms with Crippen molar-refractivity contribution in [2.45, 2.75) is 19.3 Å². The molecule has 3 rings (SSSR count). The van der Waals surface area contributed by atoms with Crippen molar-refractivity contribution >= 4 is 12.0 Å². The van der Waals surface area contributed by atoms with Crippen molar-refractivity contribution in [2.75, 3.05) is 6.54 Å². The molecule has 0 fully saturated rings. The van der Waals surface area contributed by atoms with Crippen molar-refractivity contribution in [1.29, 1.82) is 0 Å². The van der Waals surface area contributed by atoms with Crippen molar-refractivity contribution in [3.63, 3.8) is 0 Å². The van der Waals surface area contributed by atoms with E-state index in [9.17, 15) is 18.0 Å². The number of carbonyl (C=O) groups is 1. The number of benzene rings is 1. The lowest BCUT2D eigenvalue weighted by Gasteiger charge is -2.28. The first-order valence-electron chi connectivity index (χ1n) is 6.95. The Morgan fingerprint density at radius 3 is 2.61 bits per heavy atom. The average molecular weight is 322 g/mol. The number of hydrogen-bond donors (Lipinski definition) is 0. The summed E-state index contributed by atoms with van der Waals surface area (Å²) in [7, 11) is 0. The van der Waals surface area contributed by atoms with E-state index in [1.165, 1.54) is 18.5 Å². The van der Waals surface area contributed by atoms with Gasteiger partial charge in [-0.15, -0.1) is 10.2 Å². The summed E-state index contributed by atoms with van der Waals surface area (Å²) in [6.07, 6.45) is -2.35. The first-order valence-corrected chi connectivity index (χ1v) is 6.95. The molecule has 1 amide bonds. The Morgan fingerprint density at radius 2 is 1.91 bits per heavy atom. The molecule has 1 aromatic carbocycles. The third kappa shape index (κ3) is 3.25. The highest BCUT2D eigenvalue weighted by Gasteiger charge is 2.41. The quantitative estimate of drug-likeness (QED) is 0.797. The molecule has 0 saturated carbocycles. The minimum Gasteiger partial charge on any atom is -0.329 e. The zero-order valence-electron chi connectivity index (χ0n) is 12.0. The molecule has 2 heterocycles. The van der Waals surface area contributed by atoms with E-state index in [0.717, 1.165) is 11.0 Å². The molecule has 0 aliphatic carbocycles. The molecule has 0 bridgehead atoms. The fourth-order valence-corrected chi connectivity index (χ4v) is 2.39. The molecule has 1 aromatic heterocycles. The highest BCUT2D eigenvalue weighted by Crippen LogP contribution is 2.30. The van der Waals surface area contributed by atoms with Gasteiger partial charge >= 0.3 is 6.18 Å². The number of hydrogen-bond acceptors (Lipinski definition) is 3. The Labute approximate surface area is 130 Å². The largest absolute Gasteiger partial charge is 0.421 e. The van der Waals surface area contributed by atoms with Crippen LogP contribution in [0.25, 0.3) is 6.08 Å². The van der Waals surface area contributed by atoms with Crippen LogP contribution in [0.3, 0.4) is 0 Å². The van der Waals surface area contributed by atoms with E-state index in [4.69, 9.17) is 0 Å². The fraction of sp³-hybridized carbons (Fsp3) is 0.267. The average Bonchev–Trinajstić information content (AvgIpc) is 2.99. The molecular formula is C15H13F3N4O. The number of amides is 1. The van der Waals surface area contributed by atoms with Gasteiger partial charge in [0.15, 0.2) is 5.82 Å². The summed E-state index contributed by atoms with van der Waals surface area (Å²) in [5, 5.41) is 7.51. The van der Waals surface area contributed by atoms with Gasteiger partial charge in [-0.25, -0.2) is 0 Å². The van der Waals surface area contributed by atoms with Crippen LogP contribution in [0.5, 0.6) is 0 Å². The maximum absolute atomic E-state index is 13.3. The molecule has 0 radical (unpaired) electrons. The van der Waals surface area contributed by atoms with Gasteiger partial charge < -0.3 is 9.47 Å². The van der Waals surface area contributed by atoms with E-state index < -0.39 is 17.7 Å². The Hall–Kier alpha value is -2.64. The molecule has 1 aliphatic heterocycles. The van der Waals surface area contributed by atoms with E-state index in [1.807, 2.05) is 0 Å². The van der Waals surface area contributed by atoms with Crippen LogP contribution >= 0.6 is 0 Å². The molecule has 0 unspecified atom stereocenters. The van der Waals surface area contributed by atoms with Gasteiger partial charge in [0.1, 0.15) is 11.9 Å². The van der Waals surface area contributed by atoms with E-state index >= 15 is 0 Å². The van der Waals surface area contributed by atoms with E-state index in [-0.39, 0.29) is 13.1 Å². The predicted octanol–water partition coefficient (Wildman–Crippen LogP) is 2.27. The van der Waals surface area contributed by atoms with Gasteiger partial charge in [0, 0.05) is 13.1 Å². The Kier molecular flexibility index (Phi) is 3.89. The van der Waals surface area contributed by atoms with Gasteiger partial charge in [-0.05, 0) is 11.6 Å². The summed E-state index contributed by atoms with van der Waals surface area (Å²) in [5.41, 5.74) is -0.856. The summed E-state index contributed by atoms with van der Waals surface area (Å²) in [4.78, 5) is 13.5. The van der Waals surface area contributed by atoms with Crippen LogP contribution in [0.15, 0.2) is 42.2 Å². The number of aromatic nitrogens is 3. The molecule has 0 spiro atoms. The fourth-order valence-electron chi connectivity index (χ4n) is 2.39. The third-order valence-electron chi connectivity index (χ3n) is 3.57. The topological polar surface area (TPSA) is 51.0 Å². The van der Waals surface area contributed by atoms with Gasteiger partial charge in [-0.1, -0.05) is 30.3 Å². The van der Waals surface area contributed by atoms with Crippen LogP contribution in [-0.2, 0) is 17.9 Å². The third-order valence-corrected chi connectivity index (χ3v) is 3.57. The normalized spacial score (nSPS) is 15.4. The van der Waals surface area contributed by atoms with Crippen LogP contribution in [-0.4, -0.2) is 38.3 Å². The molecule has 5 nitrogen and oxygen atoms in total. The number of halogens is 3. The second-order valence-corrected chi connectivity index (χ2v) is 5.13. The number of nitrogens with zero attached hydrogens (tertiary/aromatic N) is 4. The molecule has 2 aromatic rings. The highest BCUT2D eigenvalue weighted by molar-refractivity contribution is 5.99. The Balaban J connectivity index is 1.89. The maximum atomic E-state index is 13.3. The minimum absolute atomic E-state index is 0.0149. The number of rotatable bonds is 2. The van der Waals surface area contributed by atoms with Gasteiger partial charge in [-0.3, -0.25) is 4.79 Å². The van der Waals surface area contributed by atoms with E-state index in [0.29, 0.717) is 17.9 Å². The molecule has 0 saturated heterocycles. The van der Waals surface area contributed by atoms with Crippen molar-refractivity contribution in [3.8, 4) is 0 Å². The Bertz CT molecular complexity index is 737. The van der Waals surface area contributed by atoms with Crippen LogP contribution in [0.2, 0.25) is 0 Å². The van der Waals surface area contributed by atoms with E-state index in [1.54, 1.807) is 22.8 Å². The predicted molar refractivity (Wildman–Crippen MR) is 75.9 cm³/mol. The number of alkyl halides is 3. The molecule has 23 heavy (non-hydrogen) atoms. The number of fused-ring (bicyclic) bond motifs is 1. The standard InChI is InChI=1S/C15H13F3N4O/c16-15(17,18)12(8-11-4-2-1-3-5-11)14(23)21-6-7-22-10-19-20-13(22)9-21/h1-5,8,10H,6-7,9H2. The number of carbonyl (C=O) groups excluding carboxylic acids is 1. The molecule has 8 heteroatoms. The molecular weight excluding hydrogens is 309 g/mol. The first-order chi connectivity index (χ1) is 10.9. The smallest absolute Gasteiger partial charge is 0.329 e. The molecule has 1 aliphatic rings. The lowest BCUT2D eigenvalue weighted by molar-refractivity contribution is -0.140. The van der Waals surface area contributed by atoms with Gasteiger partial charge in [-0.2, -0.15) is 13.2 Å². The van der Waals surface area contributed by atoms with E-state index in [2.05, 4.69) is 10.2 Å². The summed E-state index contributed by atoms with van der Waals surface area (Å²) in [6.45, 7) is 0.581. The van der Waals surface area contributed by atoms with Crippen molar-refractivity contribution in [2.24, 2.45) is 0 Å². The van der Waals surface area contributed by atoms with Crippen LogP contribution < -0.4 is 0 Å².